The van der Waals surface area contributed by atoms with Crippen molar-refractivity contribution in [3.05, 3.63) is 64.7 Å². The molecule has 2 aromatic carbocycles. The van der Waals surface area contributed by atoms with E-state index in [2.05, 4.69) is 10.6 Å². The van der Waals surface area contributed by atoms with E-state index in [-0.39, 0.29) is 11.8 Å². The van der Waals surface area contributed by atoms with Crippen LogP contribution in [0.15, 0.2) is 48.5 Å². The fourth-order valence-corrected chi connectivity index (χ4v) is 2.76. The number of ether oxygens (including phenoxy) is 1. The minimum Gasteiger partial charge on any atom is -0.368 e. The van der Waals surface area contributed by atoms with Crippen LogP contribution >= 0.6 is 11.6 Å². The van der Waals surface area contributed by atoms with Gasteiger partial charge >= 0.3 is 0 Å². The molecule has 2 aromatic rings. The molecular formula is C19H19ClN2O3. The summed E-state index contributed by atoms with van der Waals surface area (Å²) in [6.07, 6.45) is 1.22. The number of nitrogens with one attached hydrogen (secondary N) is 2. The van der Waals surface area contributed by atoms with Crippen LogP contribution in [0.3, 0.4) is 0 Å². The normalized spacial score (nSPS) is 16.4. The van der Waals surface area contributed by atoms with E-state index in [0.29, 0.717) is 29.4 Å². The third kappa shape index (κ3) is 4.81. The topological polar surface area (TPSA) is 67.4 Å². The van der Waals surface area contributed by atoms with Crippen molar-refractivity contribution in [3.63, 3.8) is 0 Å². The Morgan fingerprint density at radius 2 is 1.96 bits per heavy atom. The van der Waals surface area contributed by atoms with Crippen LogP contribution in [0.4, 0.5) is 5.69 Å². The van der Waals surface area contributed by atoms with E-state index in [1.807, 2.05) is 12.1 Å². The molecule has 6 heteroatoms. The fourth-order valence-electron chi connectivity index (χ4n) is 2.63. The zero-order valence-corrected chi connectivity index (χ0v) is 14.4. The molecule has 0 aromatic heterocycles. The number of anilines is 1. The summed E-state index contributed by atoms with van der Waals surface area (Å²) < 4.78 is 5.36. The molecule has 1 unspecified atom stereocenters. The molecule has 130 valence electrons. The largest absolute Gasteiger partial charge is 0.368 e. The molecular weight excluding hydrogens is 340 g/mol. The number of carbonyl (C=O) groups excluding carboxylic acids is 2. The SMILES string of the molecule is O=C(NCc1ccc(Cl)cc1)c1cccc(NC(=O)C2CCCO2)c1. The Bertz CT molecular complexity index is 756. The van der Waals surface area contributed by atoms with E-state index < -0.39 is 6.10 Å². The second kappa shape index (κ2) is 8.14. The highest BCUT2D eigenvalue weighted by atomic mass is 35.5. The second-order valence-electron chi connectivity index (χ2n) is 5.88. The fraction of sp³-hybridized carbons (Fsp3) is 0.263. The Balaban J connectivity index is 1.59. The van der Waals surface area contributed by atoms with Crippen molar-refractivity contribution in [1.82, 2.24) is 5.32 Å². The molecule has 0 saturated carbocycles. The summed E-state index contributed by atoms with van der Waals surface area (Å²) in [4.78, 5) is 24.4. The summed E-state index contributed by atoms with van der Waals surface area (Å²) >= 11 is 5.85. The van der Waals surface area contributed by atoms with E-state index in [0.717, 1.165) is 18.4 Å². The Morgan fingerprint density at radius 3 is 2.68 bits per heavy atom. The van der Waals surface area contributed by atoms with Gasteiger partial charge in [0.2, 0.25) is 0 Å². The van der Waals surface area contributed by atoms with Crippen LogP contribution in [0.5, 0.6) is 0 Å². The molecule has 1 atom stereocenters. The third-order valence-corrected chi connectivity index (χ3v) is 4.23. The van der Waals surface area contributed by atoms with Crippen molar-refractivity contribution in [2.45, 2.75) is 25.5 Å². The minimum absolute atomic E-state index is 0.170. The van der Waals surface area contributed by atoms with Crippen LogP contribution in [0.25, 0.3) is 0 Å². The maximum atomic E-state index is 12.3. The molecule has 25 heavy (non-hydrogen) atoms. The molecule has 2 N–H and O–H groups in total. The van der Waals surface area contributed by atoms with Gasteiger partial charge in [0.15, 0.2) is 0 Å². The van der Waals surface area contributed by atoms with E-state index >= 15 is 0 Å². The number of rotatable bonds is 5. The molecule has 0 spiro atoms. The summed E-state index contributed by atoms with van der Waals surface area (Å²) in [5.41, 5.74) is 2.03. The van der Waals surface area contributed by atoms with Crippen LogP contribution in [0.1, 0.15) is 28.8 Å². The molecule has 5 nitrogen and oxygen atoms in total. The molecule has 1 saturated heterocycles. The molecule has 1 fully saturated rings. The molecule has 3 rings (SSSR count). The number of amides is 2. The first-order chi connectivity index (χ1) is 12.1. The highest BCUT2D eigenvalue weighted by Gasteiger charge is 2.23. The van der Waals surface area contributed by atoms with Gasteiger partial charge in [-0.3, -0.25) is 9.59 Å². The Hall–Kier alpha value is -2.37. The smallest absolute Gasteiger partial charge is 0.253 e. The van der Waals surface area contributed by atoms with Crippen molar-refractivity contribution in [2.75, 3.05) is 11.9 Å². The number of benzene rings is 2. The summed E-state index contributed by atoms with van der Waals surface area (Å²) in [7, 11) is 0. The van der Waals surface area contributed by atoms with Crippen LogP contribution < -0.4 is 10.6 Å². The average molecular weight is 359 g/mol. The molecule has 0 aliphatic carbocycles. The zero-order valence-electron chi connectivity index (χ0n) is 13.6. The van der Waals surface area contributed by atoms with Gasteiger partial charge < -0.3 is 15.4 Å². The van der Waals surface area contributed by atoms with Gasteiger partial charge in [-0.2, -0.15) is 0 Å². The van der Waals surface area contributed by atoms with Crippen LogP contribution in [0, 0.1) is 0 Å². The van der Waals surface area contributed by atoms with Gasteiger partial charge in [0.05, 0.1) is 0 Å². The van der Waals surface area contributed by atoms with Crippen molar-refractivity contribution >= 4 is 29.1 Å². The third-order valence-electron chi connectivity index (χ3n) is 3.98. The maximum absolute atomic E-state index is 12.3. The monoisotopic (exact) mass is 358 g/mol. The maximum Gasteiger partial charge on any atom is 0.253 e. The lowest BCUT2D eigenvalue weighted by Crippen LogP contribution is -2.27. The van der Waals surface area contributed by atoms with Crippen molar-refractivity contribution in [2.24, 2.45) is 0 Å². The van der Waals surface area contributed by atoms with E-state index in [1.54, 1.807) is 36.4 Å². The van der Waals surface area contributed by atoms with Gasteiger partial charge in [-0.25, -0.2) is 0 Å². The van der Waals surface area contributed by atoms with Gasteiger partial charge in [-0.05, 0) is 48.7 Å². The molecule has 2 amide bonds. The summed E-state index contributed by atoms with van der Waals surface area (Å²) in [5.74, 6) is -0.376. The predicted octanol–water partition coefficient (Wildman–Crippen LogP) is 3.39. The van der Waals surface area contributed by atoms with Gasteiger partial charge in [0.1, 0.15) is 6.10 Å². The Labute approximate surface area is 151 Å². The lowest BCUT2D eigenvalue weighted by atomic mass is 10.1. The predicted molar refractivity (Wildman–Crippen MR) is 96.7 cm³/mol. The van der Waals surface area contributed by atoms with E-state index in [9.17, 15) is 9.59 Å². The van der Waals surface area contributed by atoms with Gasteiger partial charge in [-0.1, -0.05) is 29.8 Å². The standard InChI is InChI=1S/C19H19ClN2O3/c20-15-8-6-13(7-9-15)12-21-18(23)14-3-1-4-16(11-14)22-19(24)17-5-2-10-25-17/h1,3-4,6-9,11,17H,2,5,10,12H2,(H,21,23)(H,22,24). The highest BCUT2D eigenvalue weighted by molar-refractivity contribution is 6.30. The first-order valence-corrected chi connectivity index (χ1v) is 8.55. The van der Waals surface area contributed by atoms with E-state index in [1.165, 1.54) is 0 Å². The highest BCUT2D eigenvalue weighted by Crippen LogP contribution is 2.16. The lowest BCUT2D eigenvalue weighted by molar-refractivity contribution is -0.124. The van der Waals surface area contributed by atoms with E-state index in [4.69, 9.17) is 16.3 Å². The Morgan fingerprint density at radius 1 is 1.16 bits per heavy atom. The second-order valence-corrected chi connectivity index (χ2v) is 6.32. The van der Waals surface area contributed by atoms with Gasteiger partial charge in [-0.15, -0.1) is 0 Å². The first kappa shape index (κ1) is 17.5. The Kier molecular flexibility index (Phi) is 5.68. The number of halogens is 1. The van der Waals surface area contributed by atoms with Gasteiger partial charge in [0.25, 0.3) is 11.8 Å². The van der Waals surface area contributed by atoms with Crippen molar-refractivity contribution in [1.29, 1.82) is 0 Å². The minimum atomic E-state index is -0.401. The van der Waals surface area contributed by atoms with Crippen LogP contribution in [0.2, 0.25) is 5.02 Å². The summed E-state index contributed by atoms with van der Waals surface area (Å²) in [5, 5.41) is 6.31. The van der Waals surface area contributed by atoms with Crippen molar-refractivity contribution < 1.29 is 14.3 Å². The van der Waals surface area contributed by atoms with Crippen LogP contribution in [-0.4, -0.2) is 24.5 Å². The number of carbonyl (C=O) groups is 2. The van der Waals surface area contributed by atoms with Crippen LogP contribution in [-0.2, 0) is 16.1 Å². The molecule has 0 bridgehead atoms. The number of hydrogen-bond donors (Lipinski definition) is 2. The number of hydrogen-bond acceptors (Lipinski definition) is 3. The summed E-state index contributed by atoms with van der Waals surface area (Å²) in [6, 6.07) is 14.1. The first-order valence-electron chi connectivity index (χ1n) is 8.17. The summed E-state index contributed by atoms with van der Waals surface area (Å²) in [6.45, 7) is 1.02. The average Bonchev–Trinajstić information content (AvgIpc) is 3.16. The quantitative estimate of drug-likeness (QED) is 0.860. The molecule has 1 heterocycles. The zero-order chi connectivity index (χ0) is 17.6. The molecule has 1 aliphatic heterocycles. The molecule has 0 radical (unpaired) electrons. The van der Waals surface area contributed by atoms with Crippen molar-refractivity contribution in [3.8, 4) is 0 Å². The van der Waals surface area contributed by atoms with Gasteiger partial charge in [0, 0.05) is 29.4 Å². The lowest BCUT2D eigenvalue weighted by Gasteiger charge is -2.11. The molecule has 1 aliphatic rings.